The topological polar surface area (TPSA) is 0 Å². The summed E-state index contributed by atoms with van der Waals surface area (Å²) in [6.45, 7) is 6.68. The van der Waals surface area contributed by atoms with Gasteiger partial charge in [0.25, 0.3) is 0 Å². The summed E-state index contributed by atoms with van der Waals surface area (Å²) >= 11 is 0. The fraction of sp³-hybridized carbons (Fsp3) is 0.222. The van der Waals surface area contributed by atoms with E-state index in [9.17, 15) is 0 Å². The van der Waals surface area contributed by atoms with Crippen LogP contribution in [0, 0.1) is 0 Å². The molecule has 0 heterocycles. The molecule has 0 aliphatic rings. The molecule has 0 aliphatic heterocycles. The van der Waals surface area contributed by atoms with E-state index in [1.165, 1.54) is 22.3 Å². The Bertz CT molecular complexity index is 533. The fourth-order valence-electron chi connectivity index (χ4n) is 2.24. The van der Waals surface area contributed by atoms with E-state index < -0.39 is 0 Å². The Morgan fingerprint density at radius 1 is 0.889 bits per heavy atom. The van der Waals surface area contributed by atoms with Crippen LogP contribution in [0.3, 0.4) is 0 Å². The first-order valence-corrected chi connectivity index (χ1v) is 6.51. The lowest BCUT2D eigenvalue weighted by Crippen LogP contribution is -1.93. The van der Waals surface area contributed by atoms with Gasteiger partial charge in [-0.25, -0.2) is 0 Å². The van der Waals surface area contributed by atoms with E-state index in [1.807, 2.05) is 0 Å². The molecule has 18 heavy (non-hydrogen) atoms. The molecule has 0 saturated carbocycles. The van der Waals surface area contributed by atoms with Crippen LogP contribution in [-0.4, -0.2) is 0 Å². The molecular formula is C18H20. The Morgan fingerprint density at radius 3 is 2.17 bits per heavy atom. The highest BCUT2D eigenvalue weighted by molar-refractivity contribution is 5.81. The van der Waals surface area contributed by atoms with Gasteiger partial charge in [0.2, 0.25) is 0 Å². The van der Waals surface area contributed by atoms with E-state index in [1.54, 1.807) is 0 Å². The molecule has 0 nitrogen and oxygen atoms in total. The van der Waals surface area contributed by atoms with Gasteiger partial charge in [-0.2, -0.15) is 0 Å². The van der Waals surface area contributed by atoms with Crippen molar-refractivity contribution in [2.24, 2.45) is 0 Å². The van der Waals surface area contributed by atoms with E-state index in [0.717, 1.165) is 0 Å². The second-order valence-corrected chi connectivity index (χ2v) is 4.98. The summed E-state index contributed by atoms with van der Waals surface area (Å²) in [6, 6.07) is 19.2. The second-order valence-electron chi connectivity index (χ2n) is 4.98. The highest BCUT2D eigenvalue weighted by Crippen LogP contribution is 2.26. The van der Waals surface area contributed by atoms with Crippen molar-refractivity contribution in [3.05, 3.63) is 71.3 Å². The van der Waals surface area contributed by atoms with Crippen LogP contribution < -0.4 is 0 Å². The molecule has 0 bridgehead atoms. The van der Waals surface area contributed by atoms with Gasteiger partial charge in [0.15, 0.2) is 0 Å². The standard InChI is InChI=1S/C18H20/c1-14(2)17-11-7-8-12-18(17)15(3)13-16-9-5-4-6-10-16/h4-14H,1-3H3. The molecular weight excluding hydrogens is 216 g/mol. The maximum absolute atomic E-state index is 2.25. The normalized spacial score (nSPS) is 11.9. The molecule has 2 aromatic carbocycles. The van der Waals surface area contributed by atoms with Crippen molar-refractivity contribution in [1.82, 2.24) is 0 Å². The van der Waals surface area contributed by atoms with Gasteiger partial charge in [0, 0.05) is 0 Å². The maximum atomic E-state index is 2.25. The van der Waals surface area contributed by atoms with Crippen LogP contribution in [0.1, 0.15) is 43.4 Å². The molecule has 0 N–H and O–H groups in total. The summed E-state index contributed by atoms with van der Waals surface area (Å²) in [7, 11) is 0. The molecule has 0 heteroatoms. The minimum Gasteiger partial charge on any atom is -0.0622 e. The third-order valence-corrected chi connectivity index (χ3v) is 3.19. The van der Waals surface area contributed by atoms with E-state index in [-0.39, 0.29) is 0 Å². The molecule has 0 atom stereocenters. The molecule has 0 saturated heterocycles. The Morgan fingerprint density at radius 2 is 1.50 bits per heavy atom. The van der Waals surface area contributed by atoms with Gasteiger partial charge < -0.3 is 0 Å². The molecule has 0 aliphatic carbocycles. The van der Waals surface area contributed by atoms with Gasteiger partial charge in [0.05, 0.1) is 0 Å². The van der Waals surface area contributed by atoms with Crippen molar-refractivity contribution >= 4 is 11.6 Å². The Labute approximate surface area is 110 Å². The van der Waals surface area contributed by atoms with E-state index in [2.05, 4.69) is 81.4 Å². The summed E-state index contributed by atoms with van der Waals surface area (Å²) in [5.41, 5.74) is 5.36. The van der Waals surface area contributed by atoms with E-state index in [4.69, 9.17) is 0 Å². The second kappa shape index (κ2) is 5.68. The first kappa shape index (κ1) is 12.6. The van der Waals surface area contributed by atoms with Crippen molar-refractivity contribution in [2.75, 3.05) is 0 Å². The predicted octanol–water partition coefficient (Wildman–Crippen LogP) is 5.37. The Balaban J connectivity index is 2.40. The lowest BCUT2D eigenvalue weighted by Gasteiger charge is -2.13. The summed E-state index contributed by atoms with van der Waals surface area (Å²) in [6.07, 6.45) is 2.25. The van der Waals surface area contributed by atoms with Crippen molar-refractivity contribution in [2.45, 2.75) is 26.7 Å². The molecule has 0 spiro atoms. The molecule has 0 aromatic heterocycles. The van der Waals surface area contributed by atoms with Crippen molar-refractivity contribution in [3.8, 4) is 0 Å². The number of hydrogen-bond donors (Lipinski definition) is 0. The SMILES string of the molecule is CC(=Cc1ccccc1)c1ccccc1C(C)C. The van der Waals surface area contributed by atoms with Crippen LogP contribution in [-0.2, 0) is 0 Å². The smallest absolute Gasteiger partial charge is 0.0192 e. The third kappa shape index (κ3) is 2.89. The maximum Gasteiger partial charge on any atom is -0.0192 e. The van der Waals surface area contributed by atoms with E-state index in [0.29, 0.717) is 5.92 Å². The van der Waals surface area contributed by atoms with Crippen molar-refractivity contribution in [1.29, 1.82) is 0 Å². The number of rotatable bonds is 3. The quantitative estimate of drug-likeness (QED) is 0.628. The highest BCUT2D eigenvalue weighted by Gasteiger charge is 2.06. The van der Waals surface area contributed by atoms with Gasteiger partial charge in [-0.1, -0.05) is 74.5 Å². The van der Waals surface area contributed by atoms with Crippen molar-refractivity contribution in [3.63, 3.8) is 0 Å². The zero-order chi connectivity index (χ0) is 13.0. The van der Waals surface area contributed by atoms with Crippen LogP contribution >= 0.6 is 0 Å². The van der Waals surface area contributed by atoms with Crippen LogP contribution in [0.25, 0.3) is 11.6 Å². The van der Waals surface area contributed by atoms with Crippen molar-refractivity contribution < 1.29 is 0 Å². The molecule has 0 unspecified atom stereocenters. The average molecular weight is 236 g/mol. The Hall–Kier alpha value is -1.82. The van der Waals surface area contributed by atoms with Crippen LogP contribution in [0.4, 0.5) is 0 Å². The number of allylic oxidation sites excluding steroid dienone is 1. The zero-order valence-corrected chi connectivity index (χ0v) is 11.4. The number of benzene rings is 2. The van der Waals surface area contributed by atoms with Gasteiger partial charge in [-0.05, 0) is 35.1 Å². The molecule has 2 aromatic rings. The van der Waals surface area contributed by atoms with Gasteiger partial charge in [-0.3, -0.25) is 0 Å². The zero-order valence-electron chi connectivity index (χ0n) is 11.4. The predicted molar refractivity (Wildman–Crippen MR) is 80.5 cm³/mol. The van der Waals surface area contributed by atoms with Gasteiger partial charge in [-0.15, -0.1) is 0 Å². The largest absolute Gasteiger partial charge is 0.0622 e. The summed E-state index contributed by atoms with van der Waals surface area (Å²) in [5, 5.41) is 0. The van der Waals surface area contributed by atoms with E-state index >= 15 is 0 Å². The fourth-order valence-corrected chi connectivity index (χ4v) is 2.24. The average Bonchev–Trinajstić information content (AvgIpc) is 2.40. The lowest BCUT2D eigenvalue weighted by atomic mass is 9.92. The lowest BCUT2D eigenvalue weighted by molar-refractivity contribution is 0.863. The van der Waals surface area contributed by atoms with Crippen LogP contribution in [0.5, 0.6) is 0 Å². The molecule has 92 valence electrons. The highest BCUT2D eigenvalue weighted by atomic mass is 14.1. The summed E-state index contributed by atoms with van der Waals surface area (Å²) < 4.78 is 0. The monoisotopic (exact) mass is 236 g/mol. The first-order valence-electron chi connectivity index (χ1n) is 6.51. The minimum absolute atomic E-state index is 0.556. The summed E-state index contributed by atoms with van der Waals surface area (Å²) in [4.78, 5) is 0. The third-order valence-electron chi connectivity index (χ3n) is 3.19. The molecule has 2 rings (SSSR count). The van der Waals surface area contributed by atoms with Crippen LogP contribution in [0.2, 0.25) is 0 Å². The molecule has 0 amide bonds. The molecule has 0 radical (unpaired) electrons. The van der Waals surface area contributed by atoms with Gasteiger partial charge in [0.1, 0.15) is 0 Å². The number of hydrogen-bond acceptors (Lipinski definition) is 0. The first-order chi connectivity index (χ1) is 8.68. The van der Waals surface area contributed by atoms with Gasteiger partial charge >= 0.3 is 0 Å². The molecule has 0 fully saturated rings. The van der Waals surface area contributed by atoms with Crippen LogP contribution in [0.15, 0.2) is 54.6 Å². The minimum atomic E-state index is 0.556. The summed E-state index contributed by atoms with van der Waals surface area (Å²) in [5.74, 6) is 0.556. The Kier molecular flexibility index (Phi) is 3.99.